The van der Waals surface area contributed by atoms with Crippen LogP contribution < -0.4 is 0 Å². The molecule has 5 nitrogen and oxygen atoms in total. The molecule has 2 N–H and O–H groups in total. The lowest BCUT2D eigenvalue weighted by Crippen LogP contribution is -2.40. The van der Waals surface area contributed by atoms with Gasteiger partial charge >= 0.3 is 11.9 Å². The number of ether oxygens (including phenoxy) is 2. The van der Waals surface area contributed by atoms with Crippen molar-refractivity contribution in [1.29, 1.82) is 0 Å². The average Bonchev–Trinajstić information content (AvgIpc) is 2.03. The van der Waals surface area contributed by atoms with Gasteiger partial charge in [0.25, 0.3) is 0 Å². The van der Waals surface area contributed by atoms with Gasteiger partial charge < -0.3 is 19.7 Å². The second kappa shape index (κ2) is 4.96. The van der Waals surface area contributed by atoms with Gasteiger partial charge in [-0.15, -0.1) is 0 Å². The topological polar surface area (TPSA) is 76.0 Å². The first-order valence-corrected chi connectivity index (χ1v) is 3.90. The third-order valence-corrected chi connectivity index (χ3v) is 1.32. The minimum Gasteiger partial charge on any atom is -0.478 e. The van der Waals surface area contributed by atoms with Gasteiger partial charge in [-0.3, -0.25) is 0 Å². The van der Waals surface area contributed by atoms with Gasteiger partial charge in [0.15, 0.2) is 0 Å². The van der Waals surface area contributed by atoms with E-state index in [0.717, 1.165) is 0 Å². The molecule has 0 radical (unpaired) electrons. The summed E-state index contributed by atoms with van der Waals surface area (Å²) >= 11 is 0. The quantitative estimate of drug-likeness (QED) is 0.466. The number of carboxylic acid groups (broad SMARTS) is 1. The van der Waals surface area contributed by atoms with Gasteiger partial charge in [-0.2, -0.15) is 0 Å². The van der Waals surface area contributed by atoms with E-state index in [1.54, 1.807) is 13.8 Å². The lowest BCUT2D eigenvalue weighted by atomic mass is 10.2. The van der Waals surface area contributed by atoms with Crippen molar-refractivity contribution in [3.8, 4) is 0 Å². The molecule has 0 saturated heterocycles. The molecular weight excluding hydrogens is 176 g/mol. The first kappa shape index (κ1) is 12.1. The molecule has 0 heterocycles. The highest BCUT2D eigenvalue weighted by Crippen LogP contribution is 2.18. The Morgan fingerprint density at radius 1 is 1.38 bits per heavy atom. The lowest BCUT2D eigenvalue weighted by molar-refractivity contribution is -0.331. The van der Waals surface area contributed by atoms with E-state index in [9.17, 15) is 9.90 Å². The Kier molecular flexibility index (Phi) is 4.61. The van der Waals surface area contributed by atoms with Gasteiger partial charge in [-0.05, 0) is 13.8 Å². The number of carboxylic acids is 1. The predicted octanol–water partition coefficient (Wildman–Crippen LogP) is 0.346. The largest absolute Gasteiger partial charge is 0.478 e. The van der Waals surface area contributed by atoms with Crippen LogP contribution in [0.1, 0.15) is 13.8 Å². The number of hydrogen-bond acceptors (Lipinski definition) is 4. The number of rotatable bonds is 6. The molecule has 0 aromatic carbocycles. The molecule has 0 aromatic heterocycles. The fourth-order valence-electron chi connectivity index (χ4n) is 0.742. The van der Waals surface area contributed by atoms with E-state index in [1.165, 1.54) is 0 Å². The minimum atomic E-state index is -2.21. The molecule has 0 bridgehead atoms. The van der Waals surface area contributed by atoms with Crippen LogP contribution in [-0.2, 0) is 14.3 Å². The highest BCUT2D eigenvalue weighted by molar-refractivity contribution is 5.87. The number of hydrogen-bond donors (Lipinski definition) is 2. The maximum atomic E-state index is 10.5. The Balaban J connectivity index is 4.56. The Morgan fingerprint density at radius 2 is 1.77 bits per heavy atom. The molecule has 13 heavy (non-hydrogen) atoms. The van der Waals surface area contributed by atoms with Crippen LogP contribution >= 0.6 is 0 Å². The first-order valence-electron chi connectivity index (χ1n) is 3.90. The van der Waals surface area contributed by atoms with Crippen molar-refractivity contribution in [3.63, 3.8) is 0 Å². The Hall–Kier alpha value is -0.910. The summed E-state index contributed by atoms with van der Waals surface area (Å²) in [6.45, 7) is 6.64. The summed E-state index contributed by atoms with van der Waals surface area (Å²) in [6, 6.07) is 0. The summed E-state index contributed by atoms with van der Waals surface area (Å²) in [5.74, 6) is -3.57. The van der Waals surface area contributed by atoms with E-state index < -0.39 is 17.5 Å². The van der Waals surface area contributed by atoms with Gasteiger partial charge in [-0.25, -0.2) is 4.79 Å². The molecule has 0 atom stereocenters. The van der Waals surface area contributed by atoms with Crippen LogP contribution in [0.5, 0.6) is 0 Å². The number of aliphatic hydroxyl groups is 1. The molecule has 0 spiro atoms. The van der Waals surface area contributed by atoms with E-state index in [1.807, 2.05) is 0 Å². The van der Waals surface area contributed by atoms with Crippen LogP contribution in [0.15, 0.2) is 12.2 Å². The Labute approximate surface area is 76.6 Å². The predicted molar refractivity (Wildman–Crippen MR) is 45.0 cm³/mol. The van der Waals surface area contributed by atoms with E-state index in [-0.39, 0.29) is 13.2 Å². The maximum Gasteiger partial charge on any atom is 0.339 e. The summed E-state index contributed by atoms with van der Waals surface area (Å²) < 4.78 is 9.49. The third kappa shape index (κ3) is 3.14. The van der Waals surface area contributed by atoms with E-state index in [2.05, 4.69) is 6.58 Å². The zero-order chi connectivity index (χ0) is 10.5. The fourth-order valence-corrected chi connectivity index (χ4v) is 0.742. The van der Waals surface area contributed by atoms with Crippen molar-refractivity contribution in [2.45, 2.75) is 19.8 Å². The van der Waals surface area contributed by atoms with Gasteiger partial charge in [0.05, 0.1) is 0 Å². The second-order valence-electron chi connectivity index (χ2n) is 2.23. The fraction of sp³-hybridized carbons (Fsp3) is 0.625. The molecule has 0 aliphatic heterocycles. The van der Waals surface area contributed by atoms with Crippen molar-refractivity contribution in [2.75, 3.05) is 13.2 Å². The van der Waals surface area contributed by atoms with Crippen molar-refractivity contribution in [2.24, 2.45) is 0 Å². The zero-order valence-corrected chi connectivity index (χ0v) is 7.74. The molecule has 0 unspecified atom stereocenters. The van der Waals surface area contributed by atoms with Gasteiger partial charge in [0, 0.05) is 13.2 Å². The monoisotopic (exact) mass is 190 g/mol. The SMILES string of the molecule is C=C(C(=O)O)C(O)(OCC)OCC. The van der Waals surface area contributed by atoms with E-state index >= 15 is 0 Å². The third-order valence-electron chi connectivity index (χ3n) is 1.32. The van der Waals surface area contributed by atoms with Crippen LogP contribution in [0.4, 0.5) is 0 Å². The second-order valence-corrected chi connectivity index (χ2v) is 2.23. The standard InChI is InChI=1S/C8H14O5/c1-4-12-8(11,13-5-2)6(3)7(9)10/h11H,3-5H2,1-2H3,(H,9,10). The van der Waals surface area contributed by atoms with Crippen LogP contribution in [0.2, 0.25) is 0 Å². The summed E-state index contributed by atoms with van der Waals surface area (Å²) in [6.07, 6.45) is 0. The Bertz CT molecular complexity index is 193. The van der Waals surface area contributed by atoms with Crippen molar-refractivity contribution in [1.82, 2.24) is 0 Å². The minimum absolute atomic E-state index is 0.128. The summed E-state index contributed by atoms with van der Waals surface area (Å²) in [4.78, 5) is 10.5. The highest BCUT2D eigenvalue weighted by Gasteiger charge is 2.36. The van der Waals surface area contributed by atoms with Gasteiger partial charge in [-0.1, -0.05) is 6.58 Å². The maximum absolute atomic E-state index is 10.5. The number of carbonyl (C=O) groups is 1. The molecule has 0 saturated carbocycles. The zero-order valence-electron chi connectivity index (χ0n) is 7.74. The smallest absolute Gasteiger partial charge is 0.339 e. The molecule has 0 rings (SSSR count). The highest BCUT2D eigenvalue weighted by atomic mass is 16.8. The molecule has 0 fully saturated rings. The van der Waals surface area contributed by atoms with Crippen molar-refractivity contribution < 1.29 is 24.5 Å². The Morgan fingerprint density at radius 3 is 2.00 bits per heavy atom. The van der Waals surface area contributed by atoms with Gasteiger partial charge in [0.2, 0.25) is 0 Å². The van der Waals surface area contributed by atoms with Crippen LogP contribution in [-0.4, -0.2) is 35.4 Å². The van der Waals surface area contributed by atoms with E-state index in [4.69, 9.17) is 14.6 Å². The summed E-state index contributed by atoms with van der Waals surface area (Å²) in [7, 11) is 0. The van der Waals surface area contributed by atoms with Crippen LogP contribution in [0, 0.1) is 0 Å². The van der Waals surface area contributed by atoms with Gasteiger partial charge in [0.1, 0.15) is 5.57 Å². The summed E-state index contributed by atoms with van der Waals surface area (Å²) in [5, 5.41) is 18.1. The summed E-state index contributed by atoms with van der Waals surface area (Å²) in [5.41, 5.74) is -0.531. The van der Waals surface area contributed by atoms with Crippen LogP contribution in [0.25, 0.3) is 0 Å². The molecule has 0 aliphatic carbocycles. The van der Waals surface area contributed by atoms with Crippen molar-refractivity contribution in [3.05, 3.63) is 12.2 Å². The first-order chi connectivity index (χ1) is 5.98. The molecule has 0 amide bonds. The molecular formula is C8H14O5. The molecule has 5 heteroatoms. The molecule has 76 valence electrons. The van der Waals surface area contributed by atoms with Crippen molar-refractivity contribution >= 4 is 5.97 Å². The normalized spacial score (nSPS) is 11.3. The van der Waals surface area contributed by atoms with Crippen LogP contribution in [0.3, 0.4) is 0 Å². The lowest BCUT2D eigenvalue weighted by Gasteiger charge is -2.26. The number of aliphatic carboxylic acids is 1. The molecule has 0 aliphatic rings. The molecule has 0 aromatic rings. The average molecular weight is 190 g/mol. The van der Waals surface area contributed by atoms with E-state index in [0.29, 0.717) is 0 Å².